The molecule has 0 spiro atoms. The number of unbranched alkanes of at least 4 members (excludes halogenated alkanes) is 1. The Labute approximate surface area is 109 Å². The molecule has 0 aromatic heterocycles. The molecular weight excluding hydrogens is 232 g/mol. The molecule has 0 aliphatic carbocycles. The molecule has 0 aromatic rings. The van der Waals surface area contributed by atoms with Crippen LogP contribution >= 0.6 is 0 Å². The van der Waals surface area contributed by atoms with Crippen LogP contribution in [-0.2, 0) is 9.59 Å². The maximum absolute atomic E-state index is 12.3. The van der Waals surface area contributed by atoms with Crippen molar-refractivity contribution in [3.05, 3.63) is 0 Å². The van der Waals surface area contributed by atoms with Crippen LogP contribution in [0.25, 0.3) is 0 Å². The molecular formula is C13H24N2O3. The van der Waals surface area contributed by atoms with E-state index in [0.29, 0.717) is 0 Å². The van der Waals surface area contributed by atoms with E-state index in [4.69, 9.17) is 5.11 Å². The Morgan fingerprint density at radius 2 is 2.11 bits per heavy atom. The summed E-state index contributed by atoms with van der Waals surface area (Å²) in [6.45, 7) is 7.64. The van der Waals surface area contributed by atoms with Crippen molar-refractivity contribution in [3.63, 3.8) is 0 Å². The highest BCUT2D eigenvalue weighted by molar-refractivity contribution is 5.87. The largest absolute Gasteiger partial charge is 0.481 e. The summed E-state index contributed by atoms with van der Waals surface area (Å²) in [4.78, 5) is 26.9. The predicted octanol–water partition coefficient (Wildman–Crippen LogP) is 1.18. The zero-order valence-electron chi connectivity index (χ0n) is 11.8. The molecule has 1 rings (SSSR count). The highest BCUT2D eigenvalue weighted by Gasteiger charge is 2.43. The van der Waals surface area contributed by atoms with Crippen molar-refractivity contribution in [1.82, 2.24) is 9.80 Å². The molecule has 18 heavy (non-hydrogen) atoms. The molecule has 1 fully saturated rings. The summed E-state index contributed by atoms with van der Waals surface area (Å²) in [5.41, 5.74) is -0.236. The number of piperazine rings is 1. The second-order valence-electron chi connectivity index (χ2n) is 5.65. The molecule has 1 unspecified atom stereocenters. The van der Waals surface area contributed by atoms with Gasteiger partial charge in [0.1, 0.15) is 0 Å². The second kappa shape index (κ2) is 5.69. The van der Waals surface area contributed by atoms with Gasteiger partial charge < -0.3 is 10.0 Å². The van der Waals surface area contributed by atoms with Crippen molar-refractivity contribution in [2.24, 2.45) is 0 Å². The van der Waals surface area contributed by atoms with E-state index >= 15 is 0 Å². The SMILES string of the molecule is CCCCN1CC(C)(C)N(C)C(=O)C1CC(=O)O. The Morgan fingerprint density at radius 1 is 1.50 bits per heavy atom. The Morgan fingerprint density at radius 3 is 2.61 bits per heavy atom. The number of hydrogen-bond acceptors (Lipinski definition) is 3. The van der Waals surface area contributed by atoms with Gasteiger partial charge in [-0.15, -0.1) is 0 Å². The number of hydrogen-bond donors (Lipinski definition) is 1. The molecule has 0 aromatic carbocycles. The maximum Gasteiger partial charge on any atom is 0.305 e. The zero-order valence-corrected chi connectivity index (χ0v) is 11.8. The van der Waals surface area contributed by atoms with Gasteiger partial charge in [0.05, 0.1) is 12.5 Å². The first-order valence-electron chi connectivity index (χ1n) is 6.53. The fourth-order valence-corrected chi connectivity index (χ4v) is 2.37. The molecule has 1 amide bonds. The van der Waals surface area contributed by atoms with E-state index in [1.54, 1.807) is 11.9 Å². The lowest BCUT2D eigenvalue weighted by Gasteiger charge is -2.48. The van der Waals surface area contributed by atoms with Gasteiger partial charge in [-0.2, -0.15) is 0 Å². The molecule has 1 atom stereocenters. The molecule has 0 radical (unpaired) electrons. The third-order valence-corrected chi connectivity index (χ3v) is 3.72. The van der Waals surface area contributed by atoms with Gasteiger partial charge in [0, 0.05) is 19.1 Å². The average molecular weight is 256 g/mol. The van der Waals surface area contributed by atoms with Gasteiger partial charge >= 0.3 is 5.97 Å². The van der Waals surface area contributed by atoms with Gasteiger partial charge in [0.15, 0.2) is 0 Å². The van der Waals surface area contributed by atoms with E-state index in [9.17, 15) is 9.59 Å². The average Bonchev–Trinajstić information content (AvgIpc) is 2.27. The fourth-order valence-electron chi connectivity index (χ4n) is 2.37. The summed E-state index contributed by atoms with van der Waals surface area (Å²) < 4.78 is 0. The first-order valence-corrected chi connectivity index (χ1v) is 6.53. The lowest BCUT2D eigenvalue weighted by atomic mass is 9.94. The van der Waals surface area contributed by atoms with Crippen molar-refractivity contribution in [1.29, 1.82) is 0 Å². The number of carboxylic acid groups (broad SMARTS) is 1. The summed E-state index contributed by atoms with van der Waals surface area (Å²) in [6.07, 6.45) is 1.92. The van der Waals surface area contributed by atoms with Crippen LogP contribution in [0.5, 0.6) is 0 Å². The Kier molecular flexibility index (Phi) is 4.73. The first kappa shape index (κ1) is 15.0. The van der Waals surface area contributed by atoms with Crippen LogP contribution in [-0.4, -0.2) is 58.5 Å². The van der Waals surface area contributed by atoms with Gasteiger partial charge in [-0.1, -0.05) is 13.3 Å². The highest BCUT2D eigenvalue weighted by atomic mass is 16.4. The third-order valence-electron chi connectivity index (χ3n) is 3.72. The molecule has 1 aliphatic rings. The minimum Gasteiger partial charge on any atom is -0.481 e. The number of carboxylic acids is 1. The van der Waals surface area contributed by atoms with Crippen molar-refractivity contribution in [3.8, 4) is 0 Å². The van der Waals surface area contributed by atoms with E-state index in [1.165, 1.54) is 0 Å². The van der Waals surface area contributed by atoms with Gasteiger partial charge in [0.25, 0.3) is 0 Å². The summed E-state index contributed by atoms with van der Waals surface area (Å²) >= 11 is 0. The molecule has 0 saturated carbocycles. The zero-order chi connectivity index (χ0) is 13.9. The van der Waals surface area contributed by atoms with E-state index in [1.807, 2.05) is 18.7 Å². The minimum absolute atomic E-state index is 0.0789. The van der Waals surface area contributed by atoms with Gasteiger partial charge in [-0.05, 0) is 26.8 Å². The van der Waals surface area contributed by atoms with Crippen LogP contribution in [0.4, 0.5) is 0 Å². The quantitative estimate of drug-likeness (QED) is 0.802. The highest BCUT2D eigenvalue weighted by Crippen LogP contribution is 2.25. The Hall–Kier alpha value is -1.10. The van der Waals surface area contributed by atoms with Crippen LogP contribution in [0.1, 0.15) is 40.0 Å². The van der Waals surface area contributed by atoms with Crippen LogP contribution in [0, 0.1) is 0 Å². The topological polar surface area (TPSA) is 60.9 Å². The number of nitrogens with zero attached hydrogens (tertiary/aromatic N) is 2. The fraction of sp³-hybridized carbons (Fsp3) is 0.846. The molecule has 5 nitrogen and oxygen atoms in total. The predicted molar refractivity (Wildman–Crippen MR) is 69.4 cm³/mol. The Bertz CT molecular complexity index is 328. The van der Waals surface area contributed by atoms with Gasteiger partial charge in [-0.25, -0.2) is 0 Å². The van der Waals surface area contributed by atoms with Crippen LogP contribution in [0.2, 0.25) is 0 Å². The van der Waals surface area contributed by atoms with Crippen molar-refractivity contribution in [2.75, 3.05) is 20.1 Å². The molecule has 0 bridgehead atoms. The Balaban J connectivity index is 2.87. The number of likely N-dealkylation sites (N-methyl/N-ethyl adjacent to an activating group) is 1. The lowest BCUT2D eigenvalue weighted by molar-refractivity contribution is -0.155. The van der Waals surface area contributed by atoms with E-state index in [2.05, 4.69) is 6.92 Å². The number of amides is 1. The number of rotatable bonds is 5. The first-order chi connectivity index (χ1) is 8.29. The normalized spacial score (nSPS) is 24.3. The summed E-state index contributed by atoms with van der Waals surface area (Å²) in [5, 5.41) is 8.95. The van der Waals surface area contributed by atoms with E-state index < -0.39 is 12.0 Å². The number of carbonyl (C=O) groups excluding carboxylic acids is 1. The molecule has 5 heteroatoms. The molecule has 1 aliphatic heterocycles. The van der Waals surface area contributed by atoms with Crippen LogP contribution in [0.3, 0.4) is 0 Å². The van der Waals surface area contributed by atoms with Gasteiger partial charge in [0.2, 0.25) is 5.91 Å². The molecule has 1 saturated heterocycles. The van der Waals surface area contributed by atoms with Crippen molar-refractivity contribution < 1.29 is 14.7 Å². The standard InChI is InChI=1S/C13H24N2O3/c1-5-6-7-15-9-13(2,3)14(4)12(18)10(15)8-11(16)17/h10H,5-9H2,1-4H3,(H,16,17). The van der Waals surface area contributed by atoms with Crippen molar-refractivity contribution >= 4 is 11.9 Å². The summed E-state index contributed by atoms with van der Waals surface area (Å²) in [7, 11) is 1.76. The minimum atomic E-state index is -0.914. The van der Waals surface area contributed by atoms with Crippen LogP contribution < -0.4 is 0 Å². The summed E-state index contributed by atoms with van der Waals surface area (Å²) in [5.74, 6) is -0.993. The summed E-state index contributed by atoms with van der Waals surface area (Å²) in [6, 6.07) is -0.507. The molecule has 1 heterocycles. The number of aliphatic carboxylic acids is 1. The monoisotopic (exact) mass is 256 g/mol. The second-order valence-corrected chi connectivity index (χ2v) is 5.65. The van der Waals surface area contributed by atoms with Crippen molar-refractivity contribution in [2.45, 2.75) is 51.6 Å². The molecule has 1 N–H and O–H groups in total. The molecule has 104 valence electrons. The lowest BCUT2D eigenvalue weighted by Crippen LogP contribution is -2.65. The van der Waals surface area contributed by atoms with E-state index in [0.717, 1.165) is 25.9 Å². The maximum atomic E-state index is 12.3. The number of carbonyl (C=O) groups is 2. The smallest absolute Gasteiger partial charge is 0.305 e. The third kappa shape index (κ3) is 3.22. The van der Waals surface area contributed by atoms with Gasteiger partial charge in [-0.3, -0.25) is 14.5 Å². The van der Waals surface area contributed by atoms with Crippen LogP contribution in [0.15, 0.2) is 0 Å². The van der Waals surface area contributed by atoms with E-state index in [-0.39, 0.29) is 17.9 Å².